The minimum absolute atomic E-state index is 0.0698. The number of hydrogen-bond donors (Lipinski definition) is 2. The van der Waals surface area contributed by atoms with E-state index in [1.165, 1.54) is 0 Å². The summed E-state index contributed by atoms with van der Waals surface area (Å²) in [5.41, 5.74) is 0.794. The number of halogens is 1. The lowest BCUT2D eigenvalue weighted by atomic mass is 10.1. The van der Waals surface area contributed by atoms with Crippen molar-refractivity contribution in [2.45, 2.75) is 20.3 Å². The largest absolute Gasteiger partial charge is 0.368 e. The number of amides is 1. The molecule has 0 saturated heterocycles. The predicted molar refractivity (Wildman–Crippen MR) is 109 cm³/mol. The highest BCUT2D eigenvalue weighted by Crippen LogP contribution is 2.28. The normalized spacial score (nSPS) is 11.1. The summed E-state index contributed by atoms with van der Waals surface area (Å²) in [6.07, 6.45) is 0.539. The molecule has 0 unspecified atom stereocenters. The second-order valence-electron chi connectivity index (χ2n) is 6.41. The van der Waals surface area contributed by atoms with E-state index in [2.05, 4.69) is 20.6 Å². The zero-order chi connectivity index (χ0) is 18.5. The van der Waals surface area contributed by atoms with Gasteiger partial charge in [-0.05, 0) is 35.6 Å². The smallest absolute Gasteiger partial charge is 0.220 e. The van der Waals surface area contributed by atoms with Crippen molar-refractivity contribution in [1.29, 1.82) is 0 Å². The summed E-state index contributed by atoms with van der Waals surface area (Å²) in [6, 6.07) is 9.55. The average molecular weight is 389 g/mol. The van der Waals surface area contributed by atoms with E-state index >= 15 is 0 Å². The molecule has 0 radical (unpaired) electrons. The van der Waals surface area contributed by atoms with Gasteiger partial charge in [-0.3, -0.25) is 4.79 Å². The molecule has 0 aliphatic rings. The standard InChI is InChI=1S/C19H21ClN4OS/c1-12(2)10-17(25)21-7-8-22-18-14-6-5-13(20)11-15(14)23-19(24-18)16-4-3-9-26-16/h3-6,9,11-12H,7-8,10H2,1-2H3,(H,21,25)(H,22,23,24). The molecule has 136 valence electrons. The predicted octanol–water partition coefficient (Wildman–Crippen LogP) is 4.59. The van der Waals surface area contributed by atoms with Gasteiger partial charge in [0.1, 0.15) is 5.82 Å². The van der Waals surface area contributed by atoms with Gasteiger partial charge in [-0.15, -0.1) is 11.3 Å². The topological polar surface area (TPSA) is 66.9 Å². The molecule has 5 nitrogen and oxygen atoms in total. The molecular weight excluding hydrogens is 368 g/mol. The molecule has 0 atom stereocenters. The third-order valence-electron chi connectivity index (χ3n) is 3.73. The fourth-order valence-corrected chi connectivity index (χ4v) is 3.40. The molecule has 0 aliphatic carbocycles. The van der Waals surface area contributed by atoms with Crippen molar-refractivity contribution in [3.05, 3.63) is 40.7 Å². The van der Waals surface area contributed by atoms with E-state index in [1.807, 2.05) is 49.6 Å². The van der Waals surface area contributed by atoms with Crippen molar-refractivity contribution in [3.63, 3.8) is 0 Å². The van der Waals surface area contributed by atoms with Gasteiger partial charge < -0.3 is 10.6 Å². The van der Waals surface area contributed by atoms with Crippen LogP contribution >= 0.6 is 22.9 Å². The second-order valence-corrected chi connectivity index (χ2v) is 7.79. The van der Waals surface area contributed by atoms with Crippen LogP contribution in [0.25, 0.3) is 21.6 Å². The van der Waals surface area contributed by atoms with Gasteiger partial charge in [-0.2, -0.15) is 0 Å². The van der Waals surface area contributed by atoms with Crippen LogP contribution in [0.1, 0.15) is 20.3 Å². The van der Waals surface area contributed by atoms with E-state index in [-0.39, 0.29) is 5.91 Å². The Kier molecular flexibility index (Phi) is 6.06. The third kappa shape index (κ3) is 4.71. The van der Waals surface area contributed by atoms with Crippen molar-refractivity contribution in [2.75, 3.05) is 18.4 Å². The highest BCUT2D eigenvalue weighted by Gasteiger charge is 2.11. The summed E-state index contributed by atoms with van der Waals surface area (Å²) in [5.74, 6) is 1.83. The lowest BCUT2D eigenvalue weighted by Gasteiger charge is -2.12. The first-order chi connectivity index (χ1) is 12.5. The number of benzene rings is 1. The van der Waals surface area contributed by atoms with Crippen molar-refractivity contribution in [2.24, 2.45) is 5.92 Å². The summed E-state index contributed by atoms with van der Waals surface area (Å²) in [4.78, 5) is 22.1. The van der Waals surface area contributed by atoms with Gasteiger partial charge in [-0.1, -0.05) is 31.5 Å². The molecule has 0 spiro atoms. The number of anilines is 1. The van der Waals surface area contributed by atoms with Crippen LogP contribution in [-0.4, -0.2) is 29.0 Å². The van der Waals surface area contributed by atoms with Crippen molar-refractivity contribution in [3.8, 4) is 10.7 Å². The van der Waals surface area contributed by atoms with E-state index in [1.54, 1.807) is 11.3 Å². The number of thiophene rings is 1. The summed E-state index contributed by atoms with van der Waals surface area (Å²) in [6.45, 7) is 5.19. The molecule has 0 saturated carbocycles. The molecule has 7 heteroatoms. The van der Waals surface area contributed by atoms with Crippen LogP contribution in [0.3, 0.4) is 0 Å². The van der Waals surface area contributed by atoms with Crippen molar-refractivity contribution < 1.29 is 4.79 Å². The van der Waals surface area contributed by atoms with Crippen LogP contribution in [0.15, 0.2) is 35.7 Å². The second kappa shape index (κ2) is 8.47. The Morgan fingerprint density at radius 1 is 1.23 bits per heavy atom. The first-order valence-electron chi connectivity index (χ1n) is 8.54. The number of fused-ring (bicyclic) bond motifs is 1. The van der Waals surface area contributed by atoms with Gasteiger partial charge in [0.05, 0.1) is 10.4 Å². The zero-order valence-electron chi connectivity index (χ0n) is 14.8. The fraction of sp³-hybridized carbons (Fsp3) is 0.316. The monoisotopic (exact) mass is 388 g/mol. The molecule has 0 fully saturated rings. The summed E-state index contributed by atoms with van der Waals surface area (Å²) in [5, 5.41) is 9.78. The molecular formula is C19H21ClN4OS. The van der Waals surface area contributed by atoms with Crippen LogP contribution in [0.4, 0.5) is 5.82 Å². The number of hydrogen-bond acceptors (Lipinski definition) is 5. The molecule has 3 aromatic rings. The van der Waals surface area contributed by atoms with Gasteiger partial charge in [0.15, 0.2) is 5.82 Å². The lowest BCUT2D eigenvalue weighted by molar-refractivity contribution is -0.121. The third-order valence-corrected chi connectivity index (χ3v) is 4.83. The summed E-state index contributed by atoms with van der Waals surface area (Å²) >= 11 is 7.72. The molecule has 2 N–H and O–H groups in total. The Labute approximate surface area is 161 Å². The maximum absolute atomic E-state index is 11.7. The SMILES string of the molecule is CC(C)CC(=O)NCCNc1nc(-c2cccs2)nc2cc(Cl)ccc12. The summed E-state index contributed by atoms with van der Waals surface area (Å²) in [7, 11) is 0. The first kappa shape index (κ1) is 18.6. The van der Waals surface area contributed by atoms with E-state index in [4.69, 9.17) is 11.6 Å². The van der Waals surface area contributed by atoms with E-state index in [0.29, 0.717) is 36.3 Å². The van der Waals surface area contributed by atoms with Crippen LogP contribution in [0, 0.1) is 5.92 Å². The van der Waals surface area contributed by atoms with Gasteiger partial charge in [0.2, 0.25) is 5.91 Å². The molecule has 3 rings (SSSR count). The molecule has 0 aliphatic heterocycles. The highest BCUT2D eigenvalue weighted by atomic mass is 35.5. The maximum Gasteiger partial charge on any atom is 0.220 e. The Hall–Kier alpha value is -2.18. The van der Waals surface area contributed by atoms with E-state index in [0.717, 1.165) is 21.6 Å². The number of aromatic nitrogens is 2. The van der Waals surface area contributed by atoms with E-state index < -0.39 is 0 Å². The molecule has 2 heterocycles. The molecule has 0 bridgehead atoms. The Balaban J connectivity index is 1.77. The van der Waals surface area contributed by atoms with Gasteiger partial charge in [-0.25, -0.2) is 9.97 Å². The number of nitrogens with one attached hydrogen (secondary N) is 2. The Morgan fingerprint density at radius 3 is 2.81 bits per heavy atom. The molecule has 2 aromatic heterocycles. The first-order valence-corrected chi connectivity index (χ1v) is 9.80. The van der Waals surface area contributed by atoms with Gasteiger partial charge >= 0.3 is 0 Å². The quantitative estimate of drug-likeness (QED) is 0.581. The van der Waals surface area contributed by atoms with Crippen LogP contribution in [0.5, 0.6) is 0 Å². The van der Waals surface area contributed by atoms with E-state index in [9.17, 15) is 4.79 Å². The molecule has 1 aromatic carbocycles. The number of rotatable bonds is 7. The number of nitrogens with zero attached hydrogens (tertiary/aromatic N) is 2. The van der Waals surface area contributed by atoms with Crippen LogP contribution in [-0.2, 0) is 4.79 Å². The fourth-order valence-electron chi connectivity index (χ4n) is 2.58. The Bertz CT molecular complexity index is 896. The van der Waals surface area contributed by atoms with Crippen molar-refractivity contribution in [1.82, 2.24) is 15.3 Å². The van der Waals surface area contributed by atoms with Crippen molar-refractivity contribution >= 4 is 45.6 Å². The average Bonchev–Trinajstić information content (AvgIpc) is 3.12. The maximum atomic E-state index is 11.7. The summed E-state index contributed by atoms with van der Waals surface area (Å²) < 4.78 is 0. The number of carbonyl (C=O) groups excluding carboxylic acids is 1. The van der Waals surface area contributed by atoms with Gasteiger partial charge in [0.25, 0.3) is 0 Å². The molecule has 1 amide bonds. The highest BCUT2D eigenvalue weighted by molar-refractivity contribution is 7.13. The van der Waals surface area contributed by atoms with Crippen LogP contribution < -0.4 is 10.6 Å². The van der Waals surface area contributed by atoms with Gasteiger partial charge in [0, 0.05) is 29.9 Å². The van der Waals surface area contributed by atoms with Crippen LogP contribution in [0.2, 0.25) is 5.02 Å². The zero-order valence-corrected chi connectivity index (χ0v) is 16.3. The lowest BCUT2D eigenvalue weighted by Crippen LogP contribution is -2.29. The number of carbonyl (C=O) groups is 1. The minimum Gasteiger partial charge on any atom is -0.368 e. The Morgan fingerprint density at radius 2 is 2.08 bits per heavy atom. The minimum atomic E-state index is 0.0698. The molecule has 26 heavy (non-hydrogen) atoms.